The van der Waals surface area contributed by atoms with Crippen LogP contribution in [0.15, 0.2) is 24.3 Å². The lowest BCUT2D eigenvalue weighted by atomic mass is 10.1. The van der Waals surface area contributed by atoms with E-state index in [9.17, 15) is 4.79 Å². The van der Waals surface area contributed by atoms with Gasteiger partial charge >= 0.3 is 0 Å². The maximum atomic E-state index is 12.5. The van der Waals surface area contributed by atoms with Crippen LogP contribution in [0.2, 0.25) is 0 Å². The summed E-state index contributed by atoms with van der Waals surface area (Å²) >= 11 is 0. The largest absolute Gasteiger partial charge is 0.497 e. The van der Waals surface area contributed by atoms with Crippen LogP contribution in [-0.2, 0) is 16.0 Å². The van der Waals surface area contributed by atoms with Gasteiger partial charge in [0.2, 0.25) is 5.91 Å². The number of carbonyl (C=O) groups excluding carboxylic acids is 1. The van der Waals surface area contributed by atoms with Crippen molar-refractivity contribution in [1.82, 2.24) is 9.80 Å². The Balaban J connectivity index is 1.39. The summed E-state index contributed by atoms with van der Waals surface area (Å²) in [6.07, 6.45) is 4.47. The molecule has 24 heavy (non-hydrogen) atoms. The van der Waals surface area contributed by atoms with E-state index in [2.05, 4.69) is 4.90 Å². The second-order valence-electron chi connectivity index (χ2n) is 6.67. The molecule has 132 valence electrons. The van der Waals surface area contributed by atoms with Crippen LogP contribution in [0.3, 0.4) is 0 Å². The standard InChI is InChI=1S/C19H28N2O3/c1-23-17-6-4-16(5-7-17)15-19(22)21-12-10-20(11-13-21)9-8-18-3-2-14-24-18/h4-7,18H,2-3,8-15H2,1H3/t18-/m1/s1. The first kappa shape index (κ1) is 17.2. The van der Waals surface area contributed by atoms with E-state index in [1.54, 1.807) is 7.11 Å². The number of methoxy groups -OCH3 is 1. The number of carbonyl (C=O) groups is 1. The normalized spacial score (nSPS) is 21.9. The summed E-state index contributed by atoms with van der Waals surface area (Å²) in [6.45, 7) is 5.63. The lowest BCUT2D eigenvalue weighted by molar-refractivity contribution is -0.132. The number of hydrogen-bond donors (Lipinski definition) is 0. The number of benzene rings is 1. The quantitative estimate of drug-likeness (QED) is 0.798. The fraction of sp³-hybridized carbons (Fsp3) is 0.632. The van der Waals surface area contributed by atoms with Gasteiger partial charge in [-0.05, 0) is 37.0 Å². The monoisotopic (exact) mass is 332 g/mol. The Hall–Kier alpha value is -1.59. The Morgan fingerprint density at radius 3 is 2.58 bits per heavy atom. The predicted molar refractivity (Wildman–Crippen MR) is 93.3 cm³/mol. The molecule has 0 radical (unpaired) electrons. The molecule has 1 atom stereocenters. The van der Waals surface area contributed by atoms with Crippen molar-refractivity contribution in [2.24, 2.45) is 0 Å². The van der Waals surface area contributed by atoms with E-state index >= 15 is 0 Å². The first-order valence-corrected chi connectivity index (χ1v) is 8.99. The van der Waals surface area contributed by atoms with Gasteiger partial charge in [0, 0.05) is 39.3 Å². The second-order valence-corrected chi connectivity index (χ2v) is 6.67. The summed E-state index contributed by atoms with van der Waals surface area (Å²) in [5.41, 5.74) is 1.04. The van der Waals surface area contributed by atoms with E-state index in [0.717, 1.165) is 57.1 Å². The summed E-state index contributed by atoms with van der Waals surface area (Å²) < 4.78 is 10.8. The third-order valence-corrected chi connectivity index (χ3v) is 5.03. The summed E-state index contributed by atoms with van der Waals surface area (Å²) in [7, 11) is 1.65. The van der Waals surface area contributed by atoms with Crippen molar-refractivity contribution in [1.29, 1.82) is 0 Å². The van der Waals surface area contributed by atoms with Crippen molar-refractivity contribution in [3.63, 3.8) is 0 Å². The van der Waals surface area contributed by atoms with Crippen molar-refractivity contribution in [3.05, 3.63) is 29.8 Å². The molecule has 0 unspecified atom stereocenters. The molecule has 1 aromatic carbocycles. The van der Waals surface area contributed by atoms with Gasteiger partial charge < -0.3 is 14.4 Å². The Labute approximate surface area is 144 Å². The Morgan fingerprint density at radius 2 is 1.96 bits per heavy atom. The van der Waals surface area contributed by atoms with Crippen LogP contribution in [0.4, 0.5) is 0 Å². The molecular weight excluding hydrogens is 304 g/mol. The zero-order valence-electron chi connectivity index (χ0n) is 14.6. The van der Waals surface area contributed by atoms with Gasteiger partial charge in [-0.25, -0.2) is 0 Å². The van der Waals surface area contributed by atoms with Gasteiger partial charge in [-0.3, -0.25) is 9.69 Å². The highest BCUT2D eigenvalue weighted by atomic mass is 16.5. The van der Waals surface area contributed by atoms with Crippen LogP contribution in [0.1, 0.15) is 24.8 Å². The minimum atomic E-state index is 0.221. The summed E-state index contributed by atoms with van der Waals surface area (Å²) in [5.74, 6) is 1.05. The average molecular weight is 332 g/mol. The fourth-order valence-corrected chi connectivity index (χ4v) is 3.45. The van der Waals surface area contributed by atoms with Crippen LogP contribution in [0.25, 0.3) is 0 Å². The molecule has 2 heterocycles. The first-order chi connectivity index (χ1) is 11.7. The summed E-state index contributed by atoms with van der Waals surface area (Å²) in [6, 6.07) is 7.75. The third kappa shape index (κ3) is 4.71. The molecule has 0 spiro atoms. The molecule has 2 aliphatic heterocycles. The van der Waals surface area contributed by atoms with Gasteiger partial charge in [-0.1, -0.05) is 12.1 Å². The maximum Gasteiger partial charge on any atom is 0.227 e. The van der Waals surface area contributed by atoms with E-state index < -0.39 is 0 Å². The number of hydrogen-bond acceptors (Lipinski definition) is 4. The zero-order chi connectivity index (χ0) is 16.8. The molecule has 1 amide bonds. The molecule has 3 rings (SSSR count). The number of rotatable bonds is 6. The van der Waals surface area contributed by atoms with Crippen molar-refractivity contribution in [2.45, 2.75) is 31.8 Å². The van der Waals surface area contributed by atoms with Crippen LogP contribution < -0.4 is 4.74 Å². The average Bonchev–Trinajstić information content (AvgIpc) is 3.14. The smallest absolute Gasteiger partial charge is 0.227 e. The number of piperazine rings is 1. The Morgan fingerprint density at radius 1 is 1.21 bits per heavy atom. The summed E-state index contributed by atoms with van der Waals surface area (Å²) in [5, 5.41) is 0. The van der Waals surface area contributed by atoms with E-state index in [1.807, 2.05) is 29.2 Å². The SMILES string of the molecule is COc1ccc(CC(=O)N2CCN(CC[C@H]3CCCO3)CC2)cc1. The highest BCUT2D eigenvalue weighted by Crippen LogP contribution is 2.17. The van der Waals surface area contributed by atoms with Crippen LogP contribution in [0, 0.1) is 0 Å². The molecule has 0 bridgehead atoms. The van der Waals surface area contributed by atoms with Crippen LogP contribution >= 0.6 is 0 Å². The molecular formula is C19H28N2O3. The molecule has 2 saturated heterocycles. The Bertz CT molecular complexity index is 518. The third-order valence-electron chi connectivity index (χ3n) is 5.03. The van der Waals surface area contributed by atoms with Crippen molar-refractivity contribution < 1.29 is 14.3 Å². The van der Waals surface area contributed by atoms with E-state index in [1.165, 1.54) is 12.8 Å². The van der Waals surface area contributed by atoms with E-state index in [-0.39, 0.29) is 5.91 Å². The van der Waals surface area contributed by atoms with Crippen molar-refractivity contribution in [3.8, 4) is 5.75 Å². The van der Waals surface area contributed by atoms with Gasteiger partial charge in [0.15, 0.2) is 0 Å². The highest BCUT2D eigenvalue weighted by Gasteiger charge is 2.22. The van der Waals surface area contributed by atoms with Crippen molar-refractivity contribution >= 4 is 5.91 Å². The predicted octanol–water partition coefficient (Wildman–Crippen LogP) is 1.95. The maximum absolute atomic E-state index is 12.5. The lowest BCUT2D eigenvalue weighted by Gasteiger charge is -2.35. The Kier molecular flexibility index (Phi) is 6.10. The molecule has 2 fully saturated rings. The number of nitrogens with zero attached hydrogens (tertiary/aromatic N) is 2. The molecule has 0 N–H and O–H groups in total. The molecule has 1 aromatic rings. The van der Waals surface area contributed by atoms with Gasteiger partial charge in [-0.2, -0.15) is 0 Å². The number of amides is 1. The molecule has 0 saturated carbocycles. The second kappa shape index (κ2) is 8.49. The molecule has 2 aliphatic rings. The van der Waals surface area contributed by atoms with Gasteiger partial charge in [0.05, 0.1) is 19.6 Å². The van der Waals surface area contributed by atoms with Crippen molar-refractivity contribution in [2.75, 3.05) is 46.4 Å². The van der Waals surface area contributed by atoms with Gasteiger partial charge in [-0.15, -0.1) is 0 Å². The minimum Gasteiger partial charge on any atom is -0.497 e. The van der Waals surface area contributed by atoms with Gasteiger partial charge in [0.1, 0.15) is 5.75 Å². The summed E-state index contributed by atoms with van der Waals surface area (Å²) in [4.78, 5) is 16.9. The van der Waals surface area contributed by atoms with E-state index in [4.69, 9.17) is 9.47 Å². The highest BCUT2D eigenvalue weighted by molar-refractivity contribution is 5.78. The first-order valence-electron chi connectivity index (χ1n) is 8.99. The number of ether oxygens (including phenoxy) is 2. The molecule has 0 aliphatic carbocycles. The topological polar surface area (TPSA) is 42.0 Å². The lowest BCUT2D eigenvalue weighted by Crippen LogP contribution is -2.49. The van der Waals surface area contributed by atoms with Gasteiger partial charge in [0.25, 0.3) is 0 Å². The zero-order valence-corrected chi connectivity index (χ0v) is 14.6. The molecule has 5 heteroatoms. The van der Waals surface area contributed by atoms with Crippen LogP contribution in [-0.4, -0.2) is 68.3 Å². The minimum absolute atomic E-state index is 0.221. The van der Waals surface area contributed by atoms with Crippen LogP contribution in [0.5, 0.6) is 5.75 Å². The fourth-order valence-electron chi connectivity index (χ4n) is 3.45. The van der Waals surface area contributed by atoms with E-state index in [0.29, 0.717) is 12.5 Å². The molecule has 5 nitrogen and oxygen atoms in total. The molecule has 0 aromatic heterocycles.